The molecule has 1 saturated heterocycles. The molecule has 0 bridgehead atoms. The highest BCUT2D eigenvalue weighted by Gasteiger charge is 2.15. The maximum atomic E-state index is 11.9. The number of hydrogen-bond acceptors (Lipinski definition) is 2. The Morgan fingerprint density at radius 2 is 1.31 bits per heavy atom. The molecule has 1 heterocycles. The molecule has 0 unspecified atom stereocenters. The lowest BCUT2D eigenvalue weighted by Crippen LogP contribution is -2.46. The zero-order valence-electron chi connectivity index (χ0n) is 18.5. The van der Waals surface area contributed by atoms with Gasteiger partial charge in [0.05, 0.1) is 13.2 Å². The van der Waals surface area contributed by atoms with Crippen LogP contribution in [-0.4, -0.2) is 43.8 Å². The van der Waals surface area contributed by atoms with Crippen molar-refractivity contribution in [3.63, 3.8) is 0 Å². The third-order valence-corrected chi connectivity index (χ3v) is 4.83. The van der Waals surface area contributed by atoms with Gasteiger partial charge in [-0.3, -0.25) is 0 Å². The van der Waals surface area contributed by atoms with Gasteiger partial charge in [-0.2, -0.15) is 0 Å². The Labute approximate surface area is 178 Å². The second-order valence-corrected chi connectivity index (χ2v) is 7.42. The predicted molar refractivity (Wildman–Crippen MR) is 124 cm³/mol. The Bertz CT molecular complexity index is 503. The van der Waals surface area contributed by atoms with E-state index in [9.17, 15) is 4.79 Å². The summed E-state index contributed by atoms with van der Waals surface area (Å²) in [6, 6.07) is 0.0472. The molecule has 0 radical (unpaired) electrons. The Kier molecular flexibility index (Phi) is 17.0. The predicted octanol–water partition coefficient (Wildman–Crippen LogP) is 6.17. The second kappa shape index (κ2) is 19.5. The molecular formula is C25H42N2O2. The average Bonchev–Trinajstić information content (AvgIpc) is 2.75. The van der Waals surface area contributed by atoms with Gasteiger partial charge in [0, 0.05) is 19.6 Å². The zero-order chi connectivity index (χ0) is 20.8. The normalized spacial score (nSPS) is 15.4. The van der Waals surface area contributed by atoms with Crippen molar-refractivity contribution in [2.24, 2.45) is 0 Å². The molecule has 1 N–H and O–H groups in total. The first-order valence-corrected chi connectivity index (χ1v) is 11.5. The summed E-state index contributed by atoms with van der Waals surface area (Å²) in [6.07, 6.45) is 29.4. The monoisotopic (exact) mass is 402 g/mol. The van der Waals surface area contributed by atoms with Gasteiger partial charge in [-0.15, -0.1) is 0 Å². The summed E-state index contributed by atoms with van der Waals surface area (Å²) in [5.41, 5.74) is 0. The minimum Gasteiger partial charge on any atom is -0.378 e. The largest absolute Gasteiger partial charge is 0.378 e. The van der Waals surface area contributed by atoms with Crippen LogP contribution in [-0.2, 0) is 4.74 Å². The standard InChI is InChI=1S/C25H42N2O2/c1-2-3-4-5-6-7-8-9-10-11-12-13-14-15-16-17-18-19-20-26-25(28)27-21-23-29-24-22-27/h6-7,9-10,12-13,15-16H,2-5,8,11,14,17-24H2,1H3,(H,26,28). The van der Waals surface area contributed by atoms with Crippen LogP contribution in [0.25, 0.3) is 0 Å². The van der Waals surface area contributed by atoms with E-state index in [-0.39, 0.29) is 6.03 Å². The Balaban J connectivity index is 1.88. The van der Waals surface area contributed by atoms with Gasteiger partial charge in [0.15, 0.2) is 0 Å². The summed E-state index contributed by atoms with van der Waals surface area (Å²) in [7, 11) is 0. The fourth-order valence-electron chi connectivity index (χ4n) is 3.02. The van der Waals surface area contributed by atoms with Crippen LogP contribution >= 0.6 is 0 Å². The van der Waals surface area contributed by atoms with Crippen LogP contribution in [0.1, 0.15) is 71.1 Å². The van der Waals surface area contributed by atoms with Gasteiger partial charge in [0.1, 0.15) is 0 Å². The molecule has 0 saturated carbocycles. The van der Waals surface area contributed by atoms with Crippen LogP contribution in [0.5, 0.6) is 0 Å². The van der Waals surface area contributed by atoms with Crippen LogP contribution < -0.4 is 5.32 Å². The van der Waals surface area contributed by atoms with Crippen LogP contribution in [0, 0.1) is 0 Å². The number of rotatable bonds is 15. The van der Waals surface area contributed by atoms with Gasteiger partial charge in [0.25, 0.3) is 0 Å². The number of nitrogens with one attached hydrogen (secondary N) is 1. The molecule has 0 aliphatic carbocycles. The SMILES string of the molecule is CCCCCC=CCC=CCC=CCC=CCCCCNC(=O)N1CCOCC1. The number of nitrogens with zero attached hydrogens (tertiary/aromatic N) is 1. The molecule has 0 atom stereocenters. The summed E-state index contributed by atoms with van der Waals surface area (Å²) in [6.45, 7) is 5.71. The number of ether oxygens (including phenoxy) is 1. The van der Waals surface area contributed by atoms with Crippen molar-refractivity contribution in [3.8, 4) is 0 Å². The van der Waals surface area contributed by atoms with E-state index >= 15 is 0 Å². The number of carbonyl (C=O) groups excluding carboxylic acids is 1. The van der Waals surface area contributed by atoms with Gasteiger partial charge < -0.3 is 15.0 Å². The van der Waals surface area contributed by atoms with Crippen molar-refractivity contribution in [3.05, 3.63) is 48.6 Å². The topological polar surface area (TPSA) is 41.6 Å². The minimum atomic E-state index is 0.0472. The first kappa shape index (κ1) is 25.2. The Morgan fingerprint density at radius 3 is 1.86 bits per heavy atom. The average molecular weight is 403 g/mol. The van der Waals surface area contributed by atoms with Crippen molar-refractivity contribution in [2.75, 3.05) is 32.8 Å². The van der Waals surface area contributed by atoms with Crippen LogP contribution in [0.2, 0.25) is 0 Å². The van der Waals surface area contributed by atoms with E-state index in [0.29, 0.717) is 26.3 Å². The molecule has 4 nitrogen and oxygen atoms in total. The molecule has 0 aromatic heterocycles. The third kappa shape index (κ3) is 15.8. The lowest BCUT2D eigenvalue weighted by molar-refractivity contribution is 0.0532. The smallest absolute Gasteiger partial charge is 0.317 e. The number of urea groups is 1. The lowest BCUT2D eigenvalue weighted by Gasteiger charge is -2.26. The van der Waals surface area contributed by atoms with Gasteiger partial charge in [-0.1, -0.05) is 68.4 Å². The molecule has 0 aromatic carbocycles. The van der Waals surface area contributed by atoms with E-state index in [1.165, 1.54) is 25.7 Å². The van der Waals surface area contributed by atoms with Crippen molar-refractivity contribution in [2.45, 2.75) is 71.1 Å². The van der Waals surface area contributed by atoms with Gasteiger partial charge in [-0.25, -0.2) is 4.79 Å². The maximum absolute atomic E-state index is 11.9. The number of unbranched alkanes of at least 4 members (excludes halogenated alkanes) is 5. The summed E-state index contributed by atoms with van der Waals surface area (Å²) >= 11 is 0. The molecule has 1 rings (SSSR count). The number of morpholine rings is 1. The van der Waals surface area contributed by atoms with Gasteiger partial charge >= 0.3 is 6.03 Å². The third-order valence-electron chi connectivity index (χ3n) is 4.83. The zero-order valence-corrected chi connectivity index (χ0v) is 18.5. The van der Waals surface area contributed by atoms with E-state index < -0.39 is 0 Å². The van der Waals surface area contributed by atoms with Gasteiger partial charge in [0.2, 0.25) is 0 Å². The van der Waals surface area contributed by atoms with E-state index in [2.05, 4.69) is 60.8 Å². The summed E-state index contributed by atoms with van der Waals surface area (Å²) in [5.74, 6) is 0. The molecule has 2 amide bonds. The van der Waals surface area contributed by atoms with Crippen LogP contribution in [0.4, 0.5) is 4.79 Å². The fraction of sp³-hybridized carbons (Fsp3) is 0.640. The number of carbonyl (C=O) groups is 1. The van der Waals surface area contributed by atoms with Gasteiger partial charge in [-0.05, 0) is 51.4 Å². The Hall–Kier alpha value is -1.81. The molecule has 164 valence electrons. The van der Waals surface area contributed by atoms with E-state index in [1.54, 1.807) is 0 Å². The van der Waals surface area contributed by atoms with Crippen molar-refractivity contribution in [1.82, 2.24) is 10.2 Å². The quantitative estimate of drug-likeness (QED) is 0.263. The van der Waals surface area contributed by atoms with Crippen molar-refractivity contribution in [1.29, 1.82) is 0 Å². The summed E-state index contributed by atoms with van der Waals surface area (Å²) in [5, 5.41) is 2.99. The molecular weight excluding hydrogens is 360 g/mol. The first-order valence-electron chi connectivity index (χ1n) is 11.5. The van der Waals surface area contributed by atoms with E-state index in [0.717, 1.165) is 45.1 Å². The van der Waals surface area contributed by atoms with Crippen LogP contribution in [0.15, 0.2) is 48.6 Å². The molecule has 1 aliphatic rings. The highest BCUT2D eigenvalue weighted by atomic mass is 16.5. The highest BCUT2D eigenvalue weighted by Crippen LogP contribution is 2.02. The minimum absolute atomic E-state index is 0.0472. The molecule has 0 aromatic rings. The lowest BCUT2D eigenvalue weighted by atomic mass is 10.2. The highest BCUT2D eigenvalue weighted by molar-refractivity contribution is 5.74. The number of hydrogen-bond donors (Lipinski definition) is 1. The number of allylic oxidation sites excluding steroid dienone is 8. The van der Waals surface area contributed by atoms with E-state index in [1.807, 2.05) is 4.90 Å². The first-order chi connectivity index (χ1) is 14.3. The summed E-state index contributed by atoms with van der Waals surface area (Å²) < 4.78 is 5.25. The maximum Gasteiger partial charge on any atom is 0.317 e. The summed E-state index contributed by atoms with van der Waals surface area (Å²) in [4.78, 5) is 13.7. The molecule has 1 fully saturated rings. The van der Waals surface area contributed by atoms with Crippen LogP contribution in [0.3, 0.4) is 0 Å². The van der Waals surface area contributed by atoms with E-state index in [4.69, 9.17) is 4.74 Å². The Morgan fingerprint density at radius 1 is 0.793 bits per heavy atom. The molecule has 4 heteroatoms. The van der Waals surface area contributed by atoms with Crippen molar-refractivity contribution >= 4 is 6.03 Å². The molecule has 1 aliphatic heterocycles. The fourth-order valence-corrected chi connectivity index (χ4v) is 3.02. The number of amides is 2. The molecule has 29 heavy (non-hydrogen) atoms. The van der Waals surface area contributed by atoms with Crippen molar-refractivity contribution < 1.29 is 9.53 Å². The molecule has 0 spiro atoms. The second-order valence-electron chi connectivity index (χ2n) is 7.42.